The van der Waals surface area contributed by atoms with Crippen LogP contribution in [-0.2, 0) is 10.2 Å². The van der Waals surface area contributed by atoms with Crippen LogP contribution in [0.4, 0.5) is 9.18 Å². The third-order valence-corrected chi connectivity index (χ3v) is 3.44. The quantitative estimate of drug-likeness (QED) is 0.802. The molecule has 0 fully saturated rings. The summed E-state index contributed by atoms with van der Waals surface area (Å²) in [6.45, 7) is 11.3. The lowest BCUT2D eigenvalue weighted by Gasteiger charge is -2.20. The summed E-state index contributed by atoms with van der Waals surface area (Å²) in [5.74, 6) is 1.16. The second kappa shape index (κ2) is 7.98. The summed E-state index contributed by atoms with van der Waals surface area (Å²) < 4.78 is 29.6. The minimum atomic E-state index is -0.613. The van der Waals surface area contributed by atoms with Gasteiger partial charge in [-0.2, -0.15) is 0 Å². The zero-order valence-electron chi connectivity index (χ0n) is 16.7. The van der Waals surface area contributed by atoms with E-state index in [1.54, 1.807) is 39.0 Å². The van der Waals surface area contributed by atoms with E-state index in [0.29, 0.717) is 23.6 Å². The summed E-state index contributed by atoms with van der Waals surface area (Å²) in [5, 5.41) is 2.50. The third kappa shape index (κ3) is 6.27. The van der Waals surface area contributed by atoms with Crippen molar-refractivity contribution in [3.63, 3.8) is 0 Å². The van der Waals surface area contributed by atoms with E-state index < -0.39 is 11.7 Å². The van der Waals surface area contributed by atoms with E-state index in [2.05, 4.69) is 10.3 Å². The minimum Gasteiger partial charge on any atom is -0.489 e. The molecule has 0 saturated heterocycles. The Hall–Kier alpha value is -2.57. The van der Waals surface area contributed by atoms with Crippen molar-refractivity contribution < 1.29 is 23.1 Å². The van der Waals surface area contributed by atoms with Crippen LogP contribution < -0.4 is 10.1 Å². The SMILES string of the molecule is CC(C)(C)OC(=O)NC/C(=C\F)COc1ccc2nc(C(C)(C)C)oc2c1. The minimum absolute atomic E-state index is 0.00978. The fourth-order valence-electron chi connectivity index (χ4n) is 2.11. The van der Waals surface area contributed by atoms with Gasteiger partial charge in [-0.15, -0.1) is 0 Å². The molecule has 0 aliphatic heterocycles. The van der Waals surface area contributed by atoms with Crippen LogP contribution in [0.1, 0.15) is 47.4 Å². The van der Waals surface area contributed by atoms with Crippen LogP contribution in [0.3, 0.4) is 0 Å². The summed E-state index contributed by atoms with van der Waals surface area (Å²) in [6, 6.07) is 5.25. The average molecular weight is 378 g/mol. The van der Waals surface area contributed by atoms with Crippen LogP contribution in [0.15, 0.2) is 34.5 Å². The summed E-state index contributed by atoms with van der Waals surface area (Å²) in [7, 11) is 0. The molecule has 1 aromatic heterocycles. The molecule has 0 saturated carbocycles. The molecular weight excluding hydrogens is 351 g/mol. The molecule has 0 unspecified atom stereocenters. The van der Waals surface area contributed by atoms with Crippen molar-refractivity contribution in [2.45, 2.75) is 52.6 Å². The molecule has 0 bridgehead atoms. The molecule has 2 aromatic rings. The van der Waals surface area contributed by atoms with Crippen LogP contribution in [0.5, 0.6) is 5.75 Å². The number of fused-ring (bicyclic) bond motifs is 1. The lowest BCUT2D eigenvalue weighted by Crippen LogP contribution is -2.34. The first-order valence-corrected chi connectivity index (χ1v) is 8.77. The van der Waals surface area contributed by atoms with Gasteiger partial charge in [0.1, 0.15) is 23.5 Å². The average Bonchev–Trinajstić information content (AvgIpc) is 2.97. The predicted octanol–water partition coefficient (Wildman–Crippen LogP) is 4.88. The number of benzene rings is 1. The van der Waals surface area contributed by atoms with Gasteiger partial charge in [0.15, 0.2) is 5.58 Å². The highest BCUT2D eigenvalue weighted by atomic mass is 19.1. The molecule has 1 heterocycles. The van der Waals surface area contributed by atoms with Gasteiger partial charge in [0.05, 0.1) is 6.33 Å². The van der Waals surface area contributed by atoms with Crippen LogP contribution >= 0.6 is 0 Å². The number of oxazole rings is 1. The standard InChI is InChI=1S/C20H27FN2O4/c1-19(2,3)17-23-15-8-7-14(9-16(15)26-17)25-12-13(10-21)11-22-18(24)27-20(4,5)6/h7-10H,11-12H2,1-6H3,(H,22,24)/b13-10+. The largest absolute Gasteiger partial charge is 0.489 e. The van der Waals surface area contributed by atoms with Crippen LogP contribution in [0.2, 0.25) is 0 Å². The summed E-state index contributed by atoms with van der Waals surface area (Å²) in [4.78, 5) is 16.1. The first-order valence-electron chi connectivity index (χ1n) is 8.77. The number of hydrogen-bond acceptors (Lipinski definition) is 5. The monoisotopic (exact) mass is 378 g/mol. The number of nitrogens with one attached hydrogen (secondary N) is 1. The van der Waals surface area contributed by atoms with E-state index in [4.69, 9.17) is 13.9 Å². The smallest absolute Gasteiger partial charge is 0.407 e. The number of carbonyl (C=O) groups excluding carboxylic acids is 1. The highest BCUT2D eigenvalue weighted by Crippen LogP contribution is 2.28. The van der Waals surface area contributed by atoms with Crippen molar-refractivity contribution in [3.05, 3.63) is 36.0 Å². The van der Waals surface area contributed by atoms with Gasteiger partial charge in [-0.3, -0.25) is 0 Å². The van der Waals surface area contributed by atoms with Crippen molar-refractivity contribution in [2.24, 2.45) is 0 Å². The van der Waals surface area contributed by atoms with Gasteiger partial charge in [-0.1, -0.05) is 20.8 Å². The maximum absolute atomic E-state index is 13.1. The predicted molar refractivity (Wildman–Crippen MR) is 102 cm³/mol. The number of ether oxygens (including phenoxy) is 2. The Morgan fingerprint density at radius 1 is 1.26 bits per heavy atom. The third-order valence-electron chi connectivity index (χ3n) is 3.44. The molecule has 1 amide bonds. The first-order chi connectivity index (χ1) is 12.5. The molecule has 6 nitrogen and oxygen atoms in total. The number of alkyl carbamates (subject to hydrolysis) is 1. The molecule has 0 radical (unpaired) electrons. The number of aromatic nitrogens is 1. The Kier molecular flexibility index (Phi) is 6.13. The second-order valence-electron chi connectivity index (χ2n) is 8.31. The van der Waals surface area contributed by atoms with Gasteiger partial charge in [0.25, 0.3) is 0 Å². The molecule has 7 heteroatoms. The first kappa shape index (κ1) is 20.7. The van der Waals surface area contributed by atoms with Gasteiger partial charge in [0, 0.05) is 23.6 Å². The molecule has 148 valence electrons. The van der Waals surface area contributed by atoms with Crippen LogP contribution in [0.25, 0.3) is 11.1 Å². The van der Waals surface area contributed by atoms with E-state index in [1.807, 2.05) is 20.8 Å². The van der Waals surface area contributed by atoms with Gasteiger partial charge in [-0.25, -0.2) is 14.2 Å². The molecular formula is C20H27FN2O4. The van der Waals surface area contributed by atoms with Crippen molar-refractivity contribution in [2.75, 3.05) is 13.2 Å². The summed E-state index contributed by atoms with van der Waals surface area (Å²) in [6.07, 6.45) is -0.193. The molecule has 2 rings (SSSR count). The van der Waals surface area contributed by atoms with Crippen molar-refractivity contribution in [1.29, 1.82) is 0 Å². The van der Waals surface area contributed by atoms with Crippen LogP contribution in [-0.4, -0.2) is 29.8 Å². The number of hydrogen-bond donors (Lipinski definition) is 1. The lowest BCUT2D eigenvalue weighted by atomic mass is 9.97. The fraction of sp³-hybridized carbons (Fsp3) is 0.500. The van der Waals surface area contributed by atoms with E-state index in [-0.39, 0.29) is 24.1 Å². The van der Waals surface area contributed by atoms with Gasteiger partial charge in [-0.05, 0) is 32.9 Å². The number of amides is 1. The van der Waals surface area contributed by atoms with E-state index in [1.165, 1.54) is 0 Å². The zero-order chi connectivity index (χ0) is 20.2. The Bertz CT molecular complexity index is 829. The summed E-state index contributed by atoms with van der Waals surface area (Å²) >= 11 is 0. The van der Waals surface area contributed by atoms with Crippen molar-refractivity contribution in [1.82, 2.24) is 10.3 Å². The molecule has 1 N–H and O–H groups in total. The Labute approximate surface area is 158 Å². The zero-order valence-corrected chi connectivity index (χ0v) is 16.7. The van der Waals surface area contributed by atoms with Gasteiger partial charge >= 0.3 is 6.09 Å². The second-order valence-corrected chi connectivity index (χ2v) is 8.31. The Morgan fingerprint density at radius 2 is 1.96 bits per heavy atom. The maximum atomic E-state index is 13.1. The fourth-order valence-corrected chi connectivity index (χ4v) is 2.11. The maximum Gasteiger partial charge on any atom is 0.407 e. The molecule has 0 aliphatic carbocycles. The Morgan fingerprint density at radius 3 is 2.56 bits per heavy atom. The van der Waals surface area contributed by atoms with Gasteiger partial charge in [0.2, 0.25) is 5.89 Å². The number of nitrogens with zero attached hydrogens (tertiary/aromatic N) is 1. The highest BCUT2D eigenvalue weighted by Gasteiger charge is 2.21. The number of halogens is 1. The topological polar surface area (TPSA) is 73.6 Å². The summed E-state index contributed by atoms with van der Waals surface area (Å²) in [5.41, 5.74) is 0.805. The van der Waals surface area contributed by atoms with Crippen LogP contribution in [0, 0.1) is 0 Å². The van der Waals surface area contributed by atoms with Gasteiger partial charge < -0.3 is 19.2 Å². The molecule has 0 aliphatic rings. The van der Waals surface area contributed by atoms with Crippen molar-refractivity contribution >= 4 is 17.2 Å². The van der Waals surface area contributed by atoms with E-state index in [9.17, 15) is 9.18 Å². The number of carbonyl (C=O) groups is 1. The number of rotatable bonds is 5. The van der Waals surface area contributed by atoms with E-state index >= 15 is 0 Å². The molecule has 27 heavy (non-hydrogen) atoms. The highest BCUT2D eigenvalue weighted by molar-refractivity contribution is 5.74. The normalized spacial score (nSPS) is 12.9. The lowest BCUT2D eigenvalue weighted by molar-refractivity contribution is 0.0531. The molecule has 0 atom stereocenters. The Balaban J connectivity index is 1.95. The molecule has 1 aromatic carbocycles. The van der Waals surface area contributed by atoms with Crippen molar-refractivity contribution in [3.8, 4) is 5.75 Å². The van der Waals surface area contributed by atoms with E-state index in [0.717, 1.165) is 5.52 Å². The molecule has 0 spiro atoms.